The number of ether oxygens (including phenoxy) is 2. The number of methoxy groups -OCH3 is 1. The van der Waals surface area contributed by atoms with E-state index in [4.69, 9.17) is 14.6 Å². The van der Waals surface area contributed by atoms with Crippen molar-refractivity contribution in [1.82, 2.24) is 19.6 Å². The number of hydrogen-bond acceptors (Lipinski definition) is 7. The zero-order chi connectivity index (χ0) is 25.9. The molecule has 0 radical (unpaired) electrons. The predicted molar refractivity (Wildman–Crippen MR) is 133 cm³/mol. The quantitative estimate of drug-likeness (QED) is 0.313. The first-order valence-electron chi connectivity index (χ1n) is 12.1. The predicted octanol–water partition coefficient (Wildman–Crippen LogP) is 4.95. The molecule has 1 saturated heterocycles. The number of anilines is 1. The van der Waals surface area contributed by atoms with Crippen molar-refractivity contribution in [2.45, 2.75) is 32.4 Å². The first-order chi connectivity index (χ1) is 18.0. The average Bonchev–Trinajstić information content (AvgIpc) is 3.54. The van der Waals surface area contributed by atoms with Crippen molar-refractivity contribution in [2.75, 3.05) is 25.3 Å². The Labute approximate surface area is 213 Å². The van der Waals surface area contributed by atoms with E-state index < -0.39 is 23.6 Å². The first-order valence-corrected chi connectivity index (χ1v) is 12.1. The molecule has 2 aromatic heterocycles. The second kappa shape index (κ2) is 10.5. The number of carbonyl (C=O) groups excluding carboxylic acids is 1. The fourth-order valence-electron chi connectivity index (χ4n) is 4.76. The van der Waals surface area contributed by atoms with Gasteiger partial charge in [0.25, 0.3) is 0 Å². The Balaban J connectivity index is 1.65. The van der Waals surface area contributed by atoms with Crippen LogP contribution in [-0.2, 0) is 11.3 Å². The summed E-state index contributed by atoms with van der Waals surface area (Å²) < 4.78 is 41.3. The molecule has 0 saturated carbocycles. The summed E-state index contributed by atoms with van der Waals surface area (Å²) in [4.78, 5) is 17.5. The van der Waals surface area contributed by atoms with Crippen LogP contribution in [0.4, 0.5) is 14.6 Å². The van der Waals surface area contributed by atoms with E-state index in [0.717, 1.165) is 24.1 Å². The van der Waals surface area contributed by atoms with Gasteiger partial charge in [0, 0.05) is 24.5 Å². The zero-order valence-electron chi connectivity index (χ0n) is 20.6. The molecule has 0 spiro atoms. The zero-order valence-corrected chi connectivity index (χ0v) is 20.6. The standard InChI is InChI=1S/C27H27F2N5O3/c1-3-37-27(35)24-25-30-13-5-14-32(25)31-26(24)34(17-18-7-10-20(36-2)11-8-18)33-15-4-6-23(33)21-16-19(28)9-12-22(21)29/h5,7-14,16,23H,3-4,6,15,17H2,1-2H3. The van der Waals surface area contributed by atoms with Crippen LogP contribution in [0.1, 0.15) is 47.3 Å². The van der Waals surface area contributed by atoms with Gasteiger partial charge in [0.15, 0.2) is 11.5 Å². The van der Waals surface area contributed by atoms with E-state index in [0.29, 0.717) is 36.7 Å². The molecule has 2 aromatic carbocycles. The largest absolute Gasteiger partial charge is 0.497 e. The highest BCUT2D eigenvalue weighted by molar-refractivity contribution is 6.01. The van der Waals surface area contributed by atoms with E-state index >= 15 is 0 Å². The van der Waals surface area contributed by atoms with Crippen molar-refractivity contribution in [1.29, 1.82) is 0 Å². The Hall–Kier alpha value is -4.05. The lowest BCUT2D eigenvalue weighted by Gasteiger charge is -2.37. The molecular formula is C27H27F2N5O3. The number of hydrogen-bond donors (Lipinski definition) is 0. The monoisotopic (exact) mass is 507 g/mol. The van der Waals surface area contributed by atoms with Crippen LogP contribution in [0.15, 0.2) is 60.9 Å². The minimum Gasteiger partial charge on any atom is -0.497 e. The summed E-state index contributed by atoms with van der Waals surface area (Å²) in [6.07, 6.45) is 4.64. The molecule has 3 heterocycles. The van der Waals surface area contributed by atoms with Crippen molar-refractivity contribution in [2.24, 2.45) is 0 Å². The number of esters is 1. The smallest absolute Gasteiger partial charge is 0.345 e. The summed E-state index contributed by atoms with van der Waals surface area (Å²) in [5.74, 6) is -0.505. The number of aromatic nitrogens is 3. The number of nitrogens with zero attached hydrogens (tertiary/aromatic N) is 5. The molecule has 192 valence electrons. The topological polar surface area (TPSA) is 72.2 Å². The Morgan fingerprint density at radius 2 is 2.00 bits per heavy atom. The number of hydrazine groups is 1. The molecule has 5 rings (SSSR count). The molecule has 1 atom stereocenters. The highest BCUT2D eigenvalue weighted by Crippen LogP contribution is 2.38. The maximum absolute atomic E-state index is 14.9. The molecule has 4 aromatic rings. The molecule has 8 nitrogen and oxygen atoms in total. The van der Waals surface area contributed by atoms with Crippen LogP contribution in [-0.4, -0.2) is 45.8 Å². The van der Waals surface area contributed by atoms with Crippen molar-refractivity contribution in [3.05, 3.63) is 89.2 Å². The average molecular weight is 508 g/mol. The van der Waals surface area contributed by atoms with Gasteiger partial charge in [-0.15, -0.1) is 5.10 Å². The van der Waals surface area contributed by atoms with E-state index in [1.807, 2.05) is 34.3 Å². The van der Waals surface area contributed by atoms with Crippen molar-refractivity contribution in [3.63, 3.8) is 0 Å². The molecule has 0 amide bonds. The lowest BCUT2D eigenvalue weighted by molar-refractivity contribution is 0.0527. The normalized spacial score (nSPS) is 15.7. The summed E-state index contributed by atoms with van der Waals surface area (Å²) in [6.45, 7) is 2.78. The lowest BCUT2D eigenvalue weighted by Crippen LogP contribution is -2.43. The van der Waals surface area contributed by atoms with Crippen LogP contribution in [0, 0.1) is 11.6 Å². The van der Waals surface area contributed by atoms with Crippen LogP contribution in [0.5, 0.6) is 5.75 Å². The number of carbonyl (C=O) groups is 1. The number of rotatable bonds is 8. The molecule has 10 heteroatoms. The van der Waals surface area contributed by atoms with E-state index in [1.54, 1.807) is 32.5 Å². The summed E-state index contributed by atoms with van der Waals surface area (Å²) in [5, 5.41) is 8.51. The number of halogens is 2. The van der Waals surface area contributed by atoms with Gasteiger partial charge in [0.1, 0.15) is 22.9 Å². The van der Waals surface area contributed by atoms with Gasteiger partial charge in [-0.1, -0.05) is 12.1 Å². The third-order valence-corrected chi connectivity index (χ3v) is 6.44. The van der Waals surface area contributed by atoms with Gasteiger partial charge in [-0.25, -0.2) is 28.1 Å². The van der Waals surface area contributed by atoms with Crippen LogP contribution >= 0.6 is 0 Å². The van der Waals surface area contributed by atoms with E-state index in [-0.39, 0.29) is 17.7 Å². The molecule has 1 fully saturated rings. The van der Waals surface area contributed by atoms with Gasteiger partial charge in [-0.2, -0.15) is 0 Å². The third-order valence-electron chi connectivity index (χ3n) is 6.44. The van der Waals surface area contributed by atoms with Crippen LogP contribution in [0.3, 0.4) is 0 Å². The van der Waals surface area contributed by atoms with Gasteiger partial charge in [0.2, 0.25) is 0 Å². The maximum Gasteiger partial charge on any atom is 0.345 e. The molecule has 0 N–H and O–H groups in total. The van der Waals surface area contributed by atoms with Crippen LogP contribution in [0.2, 0.25) is 0 Å². The Morgan fingerprint density at radius 1 is 1.19 bits per heavy atom. The van der Waals surface area contributed by atoms with Gasteiger partial charge in [0.05, 0.1) is 26.3 Å². The summed E-state index contributed by atoms with van der Waals surface area (Å²) in [5.41, 5.74) is 1.73. The number of benzene rings is 2. The molecule has 0 bridgehead atoms. The van der Waals surface area contributed by atoms with Gasteiger partial charge in [-0.3, -0.25) is 5.01 Å². The summed E-state index contributed by atoms with van der Waals surface area (Å²) in [7, 11) is 1.60. The van der Waals surface area contributed by atoms with Crippen LogP contribution in [0.25, 0.3) is 5.65 Å². The van der Waals surface area contributed by atoms with Crippen molar-refractivity contribution >= 4 is 17.4 Å². The SMILES string of the molecule is CCOC(=O)c1c(N(Cc2ccc(OC)cc2)N2CCCC2c2cc(F)ccc2F)nn2cccnc12. The fourth-order valence-corrected chi connectivity index (χ4v) is 4.76. The summed E-state index contributed by atoms with van der Waals surface area (Å²) in [6, 6.07) is 12.3. The highest BCUT2D eigenvalue weighted by Gasteiger charge is 2.37. The second-order valence-corrected chi connectivity index (χ2v) is 8.70. The molecule has 37 heavy (non-hydrogen) atoms. The molecule has 1 aliphatic heterocycles. The van der Waals surface area contributed by atoms with E-state index in [2.05, 4.69) is 4.98 Å². The minimum atomic E-state index is -0.557. The van der Waals surface area contributed by atoms with Crippen molar-refractivity contribution < 1.29 is 23.0 Å². The van der Waals surface area contributed by atoms with E-state index in [1.165, 1.54) is 10.6 Å². The highest BCUT2D eigenvalue weighted by atomic mass is 19.1. The lowest BCUT2D eigenvalue weighted by atomic mass is 10.0. The molecule has 1 unspecified atom stereocenters. The molecular weight excluding hydrogens is 480 g/mol. The summed E-state index contributed by atoms with van der Waals surface area (Å²) >= 11 is 0. The second-order valence-electron chi connectivity index (χ2n) is 8.70. The van der Waals surface area contributed by atoms with Gasteiger partial charge < -0.3 is 9.47 Å². The fraction of sp³-hybridized carbons (Fsp3) is 0.296. The molecule has 1 aliphatic rings. The van der Waals surface area contributed by atoms with Gasteiger partial charge in [-0.05, 0) is 61.7 Å². The Kier molecular flexibility index (Phi) is 7.00. The Bertz CT molecular complexity index is 1410. The van der Waals surface area contributed by atoms with Crippen LogP contribution < -0.4 is 9.75 Å². The first kappa shape index (κ1) is 24.6. The Morgan fingerprint density at radius 3 is 2.76 bits per heavy atom. The number of fused-ring (bicyclic) bond motifs is 1. The van der Waals surface area contributed by atoms with Crippen molar-refractivity contribution in [3.8, 4) is 5.75 Å². The minimum absolute atomic E-state index is 0.182. The van der Waals surface area contributed by atoms with E-state index in [9.17, 15) is 13.6 Å². The third kappa shape index (κ3) is 4.84. The maximum atomic E-state index is 14.9. The van der Waals surface area contributed by atoms with Gasteiger partial charge >= 0.3 is 5.97 Å². The molecule has 0 aliphatic carbocycles.